The van der Waals surface area contributed by atoms with Crippen LogP contribution in [0.15, 0.2) is 77.7 Å². The molecule has 152 valence electrons. The summed E-state index contributed by atoms with van der Waals surface area (Å²) in [7, 11) is -0.774. The molecule has 0 saturated carbocycles. The van der Waals surface area contributed by atoms with Crippen LogP contribution in [-0.2, 0) is 10.0 Å². The third kappa shape index (κ3) is 4.33. The first-order valence-electron chi connectivity index (χ1n) is 8.95. The van der Waals surface area contributed by atoms with Crippen molar-refractivity contribution in [3.8, 4) is 11.5 Å². The highest BCUT2D eigenvalue weighted by atomic mass is 35.5. The van der Waals surface area contributed by atoms with Gasteiger partial charge in [-0.05, 0) is 55.5 Å². The highest BCUT2D eigenvalue weighted by molar-refractivity contribution is 7.92. The van der Waals surface area contributed by atoms with Gasteiger partial charge in [-0.3, -0.25) is 4.31 Å². The molecule has 0 N–H and O–H groups in total. The van der Waals surface area contributed by atoms with E-state index in [1.807, 2.05) is 0 Å². The van der Waals surface area contributed by atoms with Crippen molar-refractivity contribution in [2.75, 3.05) is 18.5 Å². The molecule has 0 aliphatic heterocycles. The average Bonchev–Trinajstić information content (AvgIpc) is 2.73. The van der Waals surface area contributed by atoms with Crippen molar-refractivity contribution in [3.05, 3.63) is 83.4 Å². The molecule has 0 aliphatic rings. The fourth-order valence-corrected chi connectivity index (χ4v) is 5.02. The van der Waals surface area contributed by atoms with Gasteiger partial charge in [0.15, 0.2) is 0 Å². The van der Waals surface area contributed by atoms with Gasteiger partial charge in [-0.2, -0.15) is 0 Å². The highest BCUT2D eigenvalue weighted by Crippen LogP contribution is 2.39. The largest absolute Gasteiger partial charge is 0.497 e. The third-order valence-corrected chi connectivity index (χ3v) is 6.75. The van der Waals surface area contributed by atoms with Crippen LogP contribution in [0.5, 0.6) is 11.5 Å². The van der Waals surface area contributed by atoms with E-state index < -0.39 is 16.1 Å². The normalized spacial score (nSPS) is 12.3. The summed E-state index contributed by atoms with van der Waals surface area (Å²) >= 11 is 6.18. The van der Waals surface area contributed by atoms with Gasteiger partial charge in [0.05, 0.1) is 30.8 Å². The number of nitrogens with zero attached hydrogens (tertiary/aromatic N) is 1. The van der Waals surface area contributed by atoms with Gasteiger partial charge in [0.25, 0.3) is 10.0 Å². The van der Waals surface area contributed by atoms with Gasteiger partial charge in [0.1, 0.15) is 11.5 Å². The van der Waals surface area contributed by atoms with Crippen LogP contribution in [0.4, 0.5) is 5.69 Å². The summed E-state index contributed by atoms with van der Waals surface area (Å²) in [6.45, 7) is 1.80. The molecule has 0 fully saturated rings. The number of anilines is 1. The molecular formula is C22H22ClNO4S. The first-order valence-corrected chi connectivity index (χ1v) is 10.8. The standard InChI is InChI=1S/C22H22ClNO4S/c1-16(21-15-19(27-2)12-13-22(21)28-3)24(18-9-7-8-17(23)14-18)29(25,26)20-10-5-4-6-11-20/h4-16H,1-3H3. The van der Waals surface area contributed by atoms with Crippen LogP contribution >= 0.6 is 11.6 Å². The predicted molar refractivity (Wildman–Crippen MR) is 116 cm³/mol. The lowest BCUT2D eigenvalue weighted by Gasteiger charge is -2.32. The number of hydrogen-bond donors (Lipinski definition) is 0. The molecule has 3 rings (SSSR count). The van der Waals surface area contributed by atoms with E-state index in [0.717, 1.165) is 0 Å². The van der Waals surface area contributed by atoms with Crippen LogP contribution in [0.1, 0.15) is 18.5 Å². The van der Waals surface area contributed by atoms with E-state index >= 15 is 0 Å². The van der Waals surface area contributed by atoms with Gasteiger partial charge in [-0.15, -0.1) is 0 Å². The van der Waals surface area contributed by atoms with Gasteiger partial charge in [-0.25, -0.2) is 8.42 Å². The number of sulfonamides is 1. The average molecular weight is 432 g/mol. The summed E-state index contributed by atoms with van der Waals surface area (Å²) in [4.78, 5) is 0.189. The van der Waals surface area contributed by atoms with Gasteiger partial charge in [0.2, 0.25) is 0 Å². The second-order valence-electron chi connectivity index (χ2n) is 6.38. The molecule has 3 aromatic carbocycles. The quantitative estimate of drug-likeness (QED) is 0.508. The first kappa shape index (κ1) is 21.0. The molecule has 29 heavy (non-hydrogen) atoms. The zero-order valence-electron chi connectivity index (χ0n) is 16.4. The summed E-state index contributed by atoms with van der Waals surface area (Å²) in [6, 6.07) is 19.8. The van der Waals surface area contributed by atoms with Crippen molar-refractivity contribution in [2.45, 2.75) is 17.9 Å². The summed E-state index contributed by atoms with van der Waals surface area (Å²) in [5.74, 6) is 1.17. The second kappa shape index (κ2) is 8.76. The Bertz CT molecular complexity index is 1090. The Hall–Kier alpha value is -2.70. The second-order valence-corrected chi connectivity index (χ2v) is 8.63. The number of benzene rings is 3. The van der Waals surface area contributed by atoms with Crippen LogP contribution < -0.4 is 13.8 Å². The summed E-state index contributed by atoms with van der Waals surface area (Å²) in [5.41, 5.74) is 1.13. The van der Waals surface area contributed by atoms with Crippen molar-refractivity contribution in [1.29, 1.82) is 0 Å². The molecule has 3 aromatic rings. The Morgan fingerprint density at radius 2 is 1.62 bits per heavy atom. The van der Waals surface area contributed by atoms with Crippen LogP contribution in [0.25, 0.3) is 0 Å². The Morgan fingerprint density at radius 1 is 0.897 bits per heavy atom. The zero-order chi connectivity index (χ0) is 21.0. The maximum Gasteiger partial charge on any atom is 0.264 e. The fraction of sp³-hybridized carbons (Fsp3) is 0.182. The van der Waals surface area contributed by atoms with Gasteiger partial charge in [-0.1, -0.05) is 35.9 Å². The van der Waals surface area contributed by atoms with E-state index in [4.69, 9.17) is 21.1 Å². The highest BCUT2D eigenvalue weighted by Gasteiger charge is 2.32. The number of ether oxygens (including phenoxy) is 2. The van der Waals surface area contributed by atoms with E-state index in [1.165, 1.54) is 4.31 Å². The molecule has 0 bridgehead atoms. The summed E-state index contributed by atoms with van der Waals surface area (Å²) < 4.78 is 39.4. The first-order chi connectivity index (χ1) is 13.9. The number of rotatable bonds is 7. The molecule has 0 aromatic heterocycles. The minimum atomic E-state index is -3.88. The molecular weight excluding hydrogens is 410 g/mol. The third-order valence-electron chi connectivity index (χ3n) is 4.60. The Labute approximate surface area is 176 Å². The van der Waals surface area contributed by atoms with Crippen molar-refractivity contribution >= 4 is 27.3 Å². The Kier molecular flexibility index (Phi) is 6.35. The molecule has 0 aliphatic carbocycles. The predicted octanol–water partition coefficient (Wildman–Crippen LogP) is 5.31. The maximum atomic E-state index is 13.6. The molecule has 0 saturated heterocycles. The van der Waals surface area contributed by atoms with Crippen molar-refractivity contribution in [3.63, 3.8) is 0 Å². The van der Waals surface area contributed by atoms with E-state index in [9.17, 15) is 8.42 Å². The van der Waals surface area contributed by atoms with E-state index in [2.05, 4.69) is 0 Å². The van der Waals surface area contributed by atoms with E-state index in [1.54, 1.807) is 93.9 Å². The number of methoxy groups -OCH3 is 2. The van der Waals surface area contributed by atoms with Crippen molar-refractivity contribution < 1.29 is 17.9 Å². The zero-order valence-corrected chi connectivity index (χ0v) is 17.9. The molecule has 5 nitrogen and oxygen atoms in total. The molecule has 0 spiro atoms. The van der Waals surface area contributed by atoms with E-state index in [-0.39, 0.29) is 4.90 Å². The lowest BCUT2D eigenvalue weighted by atomic mass is 10.1. The monoisotopic (exact) mass is 431 g/mol. The number of hydrogen-bond acceptors (Lipinski definition) is 4. The lowest BCUT2D eigenvalue weighted by Crippen LogP contribution is -2.34. The van der Waals surface area contributed by atoms with Gasteiger partial charge < -0.3 is 9.47 Å². The van der Waals surface area contributed by atoms with Crippen molar-refractivity contribution in [1.82, 2.24) is 0 Å². The van der Waals surface area contributed by atoms with Crippen LogP contribution in [0.3, 0.4) is 0 Å². The summed E-state index contributed by atoms with van der Waals surface area (Å²) in [5, 5.41) is 0.445. The Balaban J connectivity index is 2.21. The number of halogens is 1. The van der Waals surface area contributed by atoms with Gasteiger partial charge in [0, 0.05) is 10.6 Å². The lowest BCUT2D eigenvalue weighted by molar-refractivity contribution is 0.396. The smallest absolute Gasteiger partial charge is 0.264 e. The molecule has 7 heteroatoms. The SMILES string of the molecule is COc1ccc(OC)c(C(C)N(c2cccc(Cl)c2)S(=O)(=O)c2ccccc2)c1. The molecule has 0 amide bonds. The topological polar surface area (TPSA) is 55.8 Å². The molecule has 1 atom stereocenters. The van der Waals surface area contributed by atoms with Crippen LogP contribution in [0.2, 0.25) is 5.02 Å². The minimum Gasteiger partial charge on any atom is -0.497 e. The van der Waals surface area contributed by atoms with Crippen LogP contribution in [-0.4, -0.2) is 22.6 Å². The fourth-order valence-electron chi connectivity index (χ4n) is 3.18. The summed E-state index contributed by atoms with van der Waals surface area (Å²) in [6.07, 6.45) is 0. The molecule has 0 heterocycles. The van der Waals surface area contributed by atoms with E-state index in [0.29, 0.717) is 27.8 Å². The van der Waals surface area contributed by atoms with Gasteiger partial charge >= 0.3 is 0 Å². The maximum absolute atomic E-state index is 13.6. The molecule has 1 unspecified atom stereocenters. The van der Waals surface area contributed by atoms with Crippen molar-refractivity contribution in [2.24, 2.45) is 0 Å². The van der Waals surface area contributed by atoms with Crippen LogP contribution in [0, 0.1) is 0 Å². The Morgan fingerprint density at radius 3 is 2.24 bits per heavy atom. The molecule has 0 radical (unpaired) electrons. The minimum absolute atomic E-state index is 0.189.